The number of rotatable bonds is 2. The summed E-state index contributed by atoms with van der Waals surface area (Å²) < 4.78 is 51.6. The summed E-state index contributed by atoms with van der Waals surface area (Å²) in [7, 11) is 0. The number of aryl methyl sites for hydroxylation is 1. The number of alkyl halides is 3. The van der Waals surface area contributed by atoms with Gasteiger partial charge in [-0.2, -0.15) is 13.2 Å². The van der Waals surface area contributed by atoms with Crippen LogP contribution >= 0.6 is 11.6 Å². The van der Waals surface area contributed by atoms with E-state index < -0.39 is 28.4 Å². The van der Waals surface area contributed by atoms with Crippen molar-refractivity contribution in [2.45, 2.75) is 13.1 Å². The van der Waals surface area contributed by atoms with Gasteiger partial charge in [-0.1, -0.05) is 17.7 Å². The van der Waals surface area contributed by atoms with Gasteiger partial charge in [-0.05, 0) is 42.8 Å². The third-order valence-corrected chi connectivity index (χ3v) is 3.26. The summed E-state index contributed by atoms with van der Waals surface area (Å²) in [5.41, 5.74) is -0.963. The molecule has 0 aliphatic heterocycles. The molecular weight excluding hydrogens is 308 g/mol. The summed E-state index contributed by atoms with van der Waals surface area (Å²) in [6, 6.07) is 6.63. The van der Waals surface area contributed by atoms with Crippen molar-refractivity contribution in [3.8, 4) is 0 Å². The second-order valence-electron chi connectivity index (χ2n) is 4.51. The monoisotopic (exact) mass is 316 g/mol. The van der Waals surface area contributed by atoms with Crippen molar-refractivity contribution >= 4 is 17.4 Å². The fourth-order valence-electron chi connectivity index (χ4n) is 1.95. The molecule has 0 aliphatic carbocycles. The topological polar surface area (TPSA) is 17.1 Å². The maximum Gasteiger partial charge on any atom is 0.417 e. The summed E-state index contributed by atoms with van der Waals surface area (Å²) in [6.07, 6.45) is -4.66. The maximum atomic E-state index is 13.3. The molecule has 0 radical (unpaired) electrons. The van der Waals surface area contributed by atoms with Crippen LogP contribution in [0.15, 0.2) is 36.4 Å². The molecule has 0 aliphatic rings. The third kappa shape index (κ3) is 3.24. The van der Waals surface area contributed by atoms with Crippen molar-refractivity contribution in [1.82, 2.24) is 0 Å². The zero-order chi connectivity index (χ0) is 15.8. The predicted octanol–water partition coefficient (Wildman–Crippen LogP) is 5.04. The zero-order valence-electron chi connectivity index (χ0n) is 10.8. The summed E-state index contributed by atoms with van der Waals surface area (Å²) in [5.74, 6) is -1.39. The number of hydrogen-bond donors (Lipinski definition) is 0. The van der Waals surface area contributed by atoms with Gasteiger partial charge in [0.2, 0.25) is 0 Å². The quantitative estimate of drug-likeness (QED) is 0.560. The van der Waals surface area contributed by atoms with Crippen LogP contribution in [0.4, 0.5) is 17.6 Å². The Balaban J connectivity index is 2.54. The van der Waals surface area contributed by atoms with Gasteiger partial charge in [-0.3, -0.25) is 4.79 Å². The van der Waals surface area contributed by atoms with Crippen LogP contribution in [0.5, 0.6) is 0 Å². The highest BCUT2D eigenvalue weighted by atomic mass is 35.5. The molecule has 0 atom stereocenters. The maximum absolute atomic E-state index is 13.3. The molecule has 0 spiro atoms. The number of benzene rings is 2. The number of halogens is 5. The van der Waals surface area contributed by atoms with Crippen molar-refractivity contribution in [1.29, 1.82) is 0 Å². The van der Waals surface area contributed by atoms with Crippen LogP contribution < -0.4 is 0 Å². The molecule has 0 fully saturated rings. The van der Waals surface area contributed by atoms with Gasteiger partial charge < -0.3 is 0 Å². The average Bonchev–Trinajstić information content (AvgIpc) is 2.35. The lowest BCUT2D eigenvalue weighted by molar-refractivity contribution is -0.137. The number of carbonyl (C=O) groups is 1. The lowest BCUT2D eigenvalue weighted by atomic mass is 9.99. The molecule has 2 rings (SSSR count). The SMILES string of the molecule is Cc1cc(F)cc(C(=O)c2cccc(C(F)(F)F)c2Cl)c1. The van der Waals surface area contributed by atoms with Gasteiger partial charge in [-0.15, -0.1) is 0 Å². The first-order chi connectivity index (χ1) is 9.70. The Morgan fingerprint density at radius 1 is 1.14 bits per heavy atom. The molecule has 0 amide bonds. The molecule has 6 heteroatoms. The molecule has 0 heterocycles. The summed E-state index contributed by atoms with van der Waals surface area (Å²) >= 11 is 5.68. The fraction of sp³-hybridized carbons (Fsp3) is 0.133. The molecule has 0 N–H and O–H groups in total. The van der Waals surface area contributed by atoms with Crippen LogP contribution in [0.2, 0.25) is 5.02 Å². The van der Waals surface area contributed by atoms with E-state index in [1.165, 1.54) is 18.2 Å². The van der Waals surface area contributed by atoms with E-state index >= 15 is 0 Å². The third-order valence-electron chi connectivity index (χ3n) is 2.85. The van der Waals surface area contributed by atoms with E-state index in [1.54, 1.807) is 6.92 Å². The van der Waals surface area contributed by atoms with Crippen LogP contribution in [0.1, 0.15) is 27.0 Å². The largest absolute Gasteiger partial charge is 0.417 e. The fourth-order valence-corrected chi connectivity index (χ4v) is 2.27. The van der Waals surface area contributed by atoms with Gasteiger partial charge in [0.1, 0.15) is 5.82 Å². The van der Waals surface area contributed by atoms with Gasteiger partial charge in [-0.25, -0.2) is 4.39 Å². The first kappa shape index (κ1) is 15.5. The molecule has 0 saturated heterocycles. The highest BCUT2D eigenvalue weighted by Gasteiger charge is 2.34. The van der Waals surface area contributed by atoms with E-state index in [9.17, 15) is 22.4 Å². The highest BCUT2D eigenvalue weighted by Crippen LogP contribution is 2.36. The molecule has 0 saturated carbocycles. The summed E-state index contributed by atoms with van der Waals surface area (Å²) in [4.78, 5) is 12.2. The molecule has 0 bridgehead atoms. The van der Waals surface area contributed by atoms with E-state index in [4.69, 9.17) is 11.6 Å². The van der Waals surface area contributed by atoms with Crippen molar-refractivity contribution < 1.29 is 22.4 Å². The molecule has 2 aromatic carbocycles. The van der Waals surface area contributed by atoms with Gasteiger partial charge in [0.05, 0.1) is 10.6 Å². The van der Waals surface area contributed by atoms with Gasteiger partial charge >= 0.3 is 6.18 Å². The number of ketones is 1. The van der Waals surface area contributed by atoms with Gasteiger partial charge in [0.25, 0.3) is 0 Å². The predicted molar refractivity (Wildman–Crippen MR) is 71.0 cm³/mol. The minimum Gasteiger partial charge on any atom is -0.289 e. The van der Waals surface area contributed by atoms with Gasteiger partial charge in [0, 0.05) is 11.1 Å². The van der Waals surface area contributed by atoms with Crippen LogP contribution in [-0.4, -0.2) is 5.78 Å². The molecular formula is C15H9ClF4O. The molecule has 2 aromatic rings. The Kier molecular flexibility index (Phi) is 4.05. The lowest BCUT2D eigenvalue weighted by Gasteiger charge is -2.12. The standard InChI is InChI=1S/C15H9ClF4O/c1-8-5-9(7-10(17)6-8)14(21)11-3-2-4-12(13(11)16)15(18,19)20/h2-7H,1H3. The Morgan fingerprint density at radius 3 is 2.38 bits per heavy atom. The Morgan fingerprint density at radius 2 is 1.81 bits per heavy atom. The molecule has 0 unspecified atom stereocenters. The smallest absolute Gasteiger partial charge is 0.289 e. The first-order valence-electron chi connectivity index (χ1n) is 5.88. The van der Waals surface area contributed by atoms with E-state index in [0.717, 1.165) is 18.2 Å². The van der Waals surface area contributed by atoms with Crippen LogP contribution in [0.25, 0.3) is 0 Å². The molecule has 1 nitrogen and oxygen atoms in total. The Bertz CT molecular complexity index is 687. The van der Waals surface area contributed by atoms with E-state index in [1.807, 2.05) is 0 Å². The second kappa shape index (κ2) is 5.48. The van der Waals surface area contributed by atoms with Crippen molar-refractivity contribution in [2.24, 2.45) is 0 Å². The minimum atomic E-state index is -4.66. The average molecular weight is 317 g/mol. The normalized spacial score (nSPS) is 11.5. The summed E-state index contributed by atoms with van der Waals surface area (Å²) in [6.45, 7) is 1.58. The highest BCUT2D eigenvalue weighted by molar-refractivity contribution is 6.35. The van der Waals surface area contributed by atoms with Crippen LogP contribution in [0.3, 0.4) is 0 Å². The number of carbonyl (C=O) groups excluding carboxylic acids is 1. The lowest BCUT2D eigenvalue weighted by Crippen LogP contribution is -2.10. The Labute approximate surface area is 123 Å². The Hall–Kier alpha value is -1.88. The molecule has 110 valence electrons. The zero-order valence-corrected chi connectivity index (χ0v) is 11.5. The number of hydrogen-bond acceptors (Lipinski definition) is 1. The second-order valence-corrected chi connectivity index (χ2v) is 4.89. The summed E-state index contributed by atoms with van der Waals surface area (Å²) in [5, 5.41) is -0.683. The van der Waals surface area contributed by atoms with E-state index in [2.05, 4.69) is 0 Å². The van der Waals surface area contributed by atoms with Crippen molar-refractivity contribution in [3.05, 3.63) is 69.5 Å². The van der Waals surface area contributed by atoms with Crippen molar-refractivity contribution in [3.63, 3.8) is 0 Å². The van der Waals surface area contributed by atoms with Gasteiger partial charge in [0.15, 0.2) is 5.78 Å². The van der Waals surface area contributed by atoms with Crippen LogP contribution in [-0.2, 0) is 6.18 Å². The minimum absolute atomic E-state index is 0.0475. The molecule has 0 aromatic heterocycles. The van der Waals surface area contributed by atoms with Crippen molar-refractivity contribution in [2.75, 3.05) is 0 Å². The molecule has 21 heavy (non-hydrogen) atoms. The van der Waals surface area contributed by atoms with E-state index in [-0.39, 0.29) is 11.1 Å². The first-order valence-corrected chi connectivity index (χ1v) is 6.25. The van der Waals surface area contributed by atoms with Crippen LogP contribution in [0, 0.1) is 12.7 Å². The van der Waals surface area contributed by atoms with E-state index in [0.29, 0.717) is 5.56 Å².